The third kappa shape index (κ3) is 4.64. The van der Waals surface area contributed by atoms with Crippen molar-refractivity contribution >= 4 is 45.1 Å². The predicted octanol–water partition coefficient (Wildman–Crippen LogP) is 3.97. The summed E-state index contributed by atoms with van der Waals surface area (Å²) in [4.78, 5) is 29.2. The summed E-state index contributed by atoms with van der Waals surface area (Å²) in [6.45, 7) is 1.90. The topological polar surface area (TPSA) is 76.0 Å². The van der Waals surface area contributed by atoms with Gasteiger partial charge in [0, 0.05) is 29.7 Å². The Kier molecular flexibility index (Phi) is 6.58. The van der Waals surface area contributed by atoms with E-state index in [2.05, 4.69) is 31.5 Å². The van der Waals surface area contributed by atoms with E-state index in [4.69, 9.17) is 0 Å². The van der Waals surface area contributed by atoms with E-state index in [1.54, 1.807) is 6.07 Å². The summed E-state index contributed by atoms with van der Waals surface area (Å²) in [7, 11) is 2.63. The summed E-state index contributed by atoms with van der Waals surface area (Å²) < 4.78 is 40.9. The quantitative estimate of drug-likeness (QED) is 0.654. The number of halogens is 4. The molecule has 2 N–H and O–H groups in total. The molecule has 0 saturated heterocycles. The van der Waals surface area contributed by atoms with Crippen molar-refractivity contribution < 1.29 is 18.0 Å². The highest BCUT2D eigenvalue weighted by molar-refractivity contribution is 9.10. The molecular weight excluding hydrogens is 449 g/mol. The Hall–Kier alpha value is -2.01. The number of thioether (sulfide) groups is 1. The maximum absolute atomic E-state index is 13.1. The molecule has 0 unspecified atom stereocenters. The summed E-state index contributed by atoms with van der Waals surface area (Å²) in [5, 5.41) is 5.06. The first-order valence-electron chi connectivity index (χ1n) is 7.68. The van der Waals surface area contributed by atoms with Crippen LogP contribution < -0.4 is 16.2 Å². The first kappa shape index (κ1) is 21.3. The monoisotopic (exact) mass is 464 g/mol. The van der Waals surface area contributed by atoms with E-state index in [1.807, 2.05) is 6.92 Å². The maximum Gasteiger partial charge on any atom is 0.421 e. The van der Waals surface area contributed by atoms with E-state index in [0.717, 1.165) is 4.57 Å². The molecule has 6 nitrogen and oxygen atoms in total. The number of alkyl halides is 3. The highest BCUT2D eigenvalue weighted by atomic mass is 79.9. The van der Waals surface area contributed by atoms with Crippen LogP contribution in [0.2, 0.25) is 0 Å². The second-order valence-electron chi connectivity index (χ2n) is 5.32. The molecule has 0 aliphatic rings. The van der Waals surface area contributed by atoms with Gasteiger partial charge in [-0.15, -0.1) is 11.8 Å². The third-order valence-corrected chi connectivity index (χ3v) is 4.88. The molecule has 0 radical (unpaired) electrons. The standard InChI is InChI=1S/C16H16BrF3N4O2S/c1-4-27-11-5-8(17)7-22-12(11)14(25)23-10-6-9(16(18,19)20)15(26)24(3)13(10)21-2/h5-7,21H,4H2,1-3H3,(H,23,25). The van der Waals surface area contributed by atoms with Crippen molar-refractivity contribution in [2.75, 3.05) is 23.4 Å². The van der Waals surface area contributed by atoms with E-state index < -0.39 is 23.2 Å². The van der Waals surface area contributed by atoms with E-state index in [1.165, 1.54) is 32.1 Å². The van der Waals surface area contributed by atoms with E-state index in [-0.39, 0.29) is 17.2 Å². The summed E-state index contributed by atoms with van der Waals surface area (Å²) >= 11 is 4.65. The molecule has 0 atom stereocenters. The van der Waals surface area contributed by atoms with Crippen molar-refractivity contribution in [2.45, 2.75) is 18.0 Å². The number of pyridine rings is 2. The number of anilines is 2. The Morgan fingerprint density at radius 2 is 2.04 bits per heavy atom. The van der Waals surface area contributed by atoms with Crippen molar-refractivity contribution in [1.82, 2.24) is 9.55 Å². The Morgan fingerprint density at radius 3 is 2.59 bits per heavy atom. The van der Waals surface area contributed by atoms with Crippen LogP contribution in [0.1, 0.15) is 23.0 Å². The fourth-order valence-corrected chi connectivity index (χ4v) is 3.66. The molecule has 2 aromatic rings. The van der Waals surface area contributed by atoms with Crippen LogP contribution in [0, 0.1) is 0 Å². The van der Waals surface area contributed by atoms with Crippen LogP contribution in [0.4, 0.5) is 24.7 Å². The average Bonchev–Trinajstić information content (AvgIpc) is 2.57. The molecule has 2 rings (SSSR count). The van der Waals surface area contributed by atoms with Gasteiger partial charge in [0.1, 0.15) is 17.1 Å². The van der Waals surface area contributed by atoms with E-state index in [9.17, 15) is 22.8 Å². The molecule has 0 aliphatic carbocycles. The van der Waals surface area contributed by atoms with Crippen LogP contribution in [-0.2, 0) is 13.2 Å². The number of amides is 1. The molecule has 0 bridgehead atoms. The maximum atomic E-state index is 13.1. The van der Waals surface area contributed by atoms with Crippen molar-refractivity contribution in [3.8, 4) is 0 Å². The fourth-order valence-electron chi connectivity index (χ4n) is 2.38. The van der Waals surface area contributed by atoms with Gasteiger partial charge >= 0.3 is 6.18 Å². The Bertz CT molecular complexity index is 931. The van der Waals surface area contributed by atoms with Gasteiger partial charge in [-0.25, -0.2) is 4.98 Å². The number of carbonyl (C=O) groups excluding carboxylic acids is 1. The van der Waals surface area contributed by atoms with Gasteiger partial charge in [-0.1, -0.05) is 6.92 Å². The van der Waals surface area contributed by atoms with Gasteiger partial charge in [0.05, 0.1) is 5.69 Å². The number of nitrogens with one attached hydrogen (secondary N) is 2. The van der Waals surface area contributed by atoms with Crippen molar-refractivity contribution in [2.24, 2.45) is 7.05 Å². The normalized spacial score (nSPS) is 11.4. The summed E-state index contributed by atoms with van der Waals surface area (Å²) in [5.74, 6) is 0.0444. The molecule has 1 amide bonds. The van der Waals surface area contributed by atoms with E-state index in [0.29, 0.717) is 21.2 Å². The molecule has 0 fully saturated rings. The van der Waals surface area contributed by atoms with Crippen LogP contribution in [0.15, 0.2) is 32.5 Å². The number of hydrogen-bond donors (Lipinski definition) is 2. The molecule has 0 saturated carbocycles. The lowest BCUT2D eigenvalue weighted by Gasteiger charge is -2.18. The summed E-state index contributed by atoms with van der Waals surface area (Å²) in [5.41, 5.74) is -2.68. The van der Waals surface area contributed by atoms with Crippen LogP contribution in [-0.4, -0.2) is 28.3 Å². The second kappa shape index (κ2) is 8.34. The fraction of sp³-hybridized carbons (Fsp3) is 0.312. The number of nitrogens with zero attached hydrogens (tertiary/aromatic N) is 2. The lowest BCUT2D eigenvalue weighted by molar-refractivity contribution is -0.138. The van der Waals surface area contributed by atoms with Crippen LogP contribution in [0.25, 0.3) is 0 Å². The number of hydrogen-bond acceptors (Lipinski definition) is 5. The number of aromatic nitrogens is 2. The molecule has 11 heteroatoms. The Morgan fingerprint density at radius 1 is 1.37 bits per heavy atom. The predicted molar refractivity (Wildman–Crippen MR) is 103 cm³/mol. The minimum Gasteiger partial charge on any atom is -0.373 e. The highest BCUT2D eigenvalue weighted by Crippen LogP contribution is 2.32. The minimum absolute atomic E-state index is 0.0446. The lowest BCUT2D eigenvalue weighted by Crippen LogP contribution is -2.30. The summed E-state index contributed by atoms with van der Waals surface area (Å²) in [6.07, 6.45) is -3.42. The summed E-state index contributed by atoms with van der Waals surface area (Å²) in [6, 6.07) is 2.33. The third-order valence-electron chi connectivity index (χ3n) is 3.54. The highest BCUT2D eigenvalue weighted by Gasteiger charge is 2.36. The zero-order chi connectivity index (χ0) is 20.4. The number of carbonyl (C=O) groups is 1. The molecule has 2 aromatic heterocycles. The van der Waals surface area contributed by atoms with Gasteiger partial charge in [-0.2, -0.15) is 13.2 Å². The molecule has 0 aliphatic heterocycles. The Balaban J connectivity index is 2.53. The zero-order valence-electron chi connectivity index (χ0n) is 14.6. The SMILES string of the molecule is CCSc1cc(Br)cnc1C(=O)Nc1cc(C(F)(F)F)c(=O)n(C)c1NC. The molecule has 146 valence electrons. The molecule has 0 spiro atoms. The van der Waals surface area contributed by atoms with Gasteiger partial charge < -0.3 is 10.6 Å². The van der Waals surface area contributed by atoms with Crippen LogP contribution in [0.5, 0.6) is 0 Å². The molecular formula is C16H16BrF3N4O2S. The second-order valence-corrected chi connectivity index (χ2v) is 7.54. The smallest absolute Gasteiger partial charge is 0.373 e. The molecule has 0 aromatic carbocycles. The van der Waals surface area contributed by atoms with Gasteiger partial charge in [0.25, 0.3) is 11.5 Å². The Labute approximate surface area is 165 Å². The number of rotatable bonds is 5. The van der Waals surface area contributed by atoms with E-state index >= 15 is 0 Å². The van der Waals surface area contributed by atoms with Crippen molar-refractivity contribution in [1.29, 1.82) is 0 Å². The van der Waals surface area contributed by atoms with Gasteiger partial charge in [-0.05, 0) is 33.8 Å². The zero-order valence-corrected chi connectivity index (χ0v) is 17.0. The molecule has 27 heavy (non-hydrogen) atoms. The van der Waals surface area contributed by atoms with Crippen LogP contribution >= 0.6 is 27.7 Å². The van der Waals surface area contributed by atoms with Gasteiger partial charge in [0.15, 0.2) is 0 Å². The molecule has 2 heterocycles. The minimum atomic E-state index is -4.85. The first-order valence-corrected chi connectivity index (χ1v) is 9.46. The van der Waals surface area contributed by atoms with Gasteiger partial charge in [0.2, 0.25) is 0 Å². The van der Waals surface area contributed by atoms with Gasteiger partial charge in [-0.3, -0.25) is 14.2 Å². The van der Waals surface area contributed by atoms with Crippen molar-refractivity contribution in [3.05, 3.63) is 44.4 Å². The first-order chi connectivity index (χ1) is 12.6. The lowest BCUT2D eigenvalue weighted by atomic mass is 10.2. The van der Waals surface area contributed by atoms with Crippen molar-refractivity contribution in [3.63, 3.8) is 0 Å². The largest absolute Gasteiger partial charge is 0.421 e. The average molecular weight is 465 g/mol. The van der Waals surface area contributed by atoms with Crippen LogP contribution in [0.3, 0.4) is 0 Å².